The van der Waals surface area contributed by atoms with E-state index in [1.54, 1.807) is 24.4 Å². The first-order valence-electron chi connectivity index (χ1n) is 12.3. The molecule has 194 valence electrons. The topological polar surface area (TPSA) is 73.8 Å². The smallest absolute Gasteiger partial charge is 0.273 e. The van der Waals surface area contributed by atoms with E-state index >= 15 is 0 Å². The first-order chi connectivity index (χ1) is 17.9. The lowest BCUT2D eigenvalue weighted by Crippen LogP contribution is -2.25. The molecule has 0 radical (unpaired) electrons. The summed E-state index contributed by atoms with van der Waals surface area (Å²) in [6.45, 7) is 9.50. The van der Waals surface area contributed by atoms with Crippen LogP contribution in [0.3, 0.4) is 0 Å². The Morgan fingerprint density at radius 3 is 2.49 bits per heavy atom. The summed E-state index contributed by atoms with van der Waals surface area (Å²) in [7, 11) is 0. The molecule has 0 unspecified atom stereocenters. The number of hydrazone groups is 1. The molecule has 3 aromatic carbocycles. The Bertz CT molecular complexity index is 1230. The Kier molecular flexibility index (Phi) is 11.2. The summed E-state index contributed by atoms with van der Waals surface area (Å²) in [6.07, 6.45) is 1.56. The molecule has 0 spiro atoms. The van der Waals surface area contributed by atoms with E-state index in [1.165, 1.54) is 6.07 Å². The number of carbonyl (C=O) groups is 2. The molecule has 3 aromatic rings. The van der Waals surface area contributed by atoms with Crippen molar-refractivity contribution in [3.8, 4) is 0 Å². The second kappa shape index (κ2) is 14.6. The molecule has 6 nitrogen and oxygen atoms in total. The summed E-state index contributed by atoms with van der Waals surface area (Å²) >= 11 is 7.99. The minimum Gasteiger partial charge on any atom is -0.321 e. The summed E-state index contributed by atoms with van der Waals surface area (Å²) in [4.78, 5) is 28.3. The van der Waals surface area contributed by atoms with Gasteiger partial charge >= 0.3 is 0 Å². The summed E-state index contributed by atoms with van der Waals surface area (Å²) < 4.78 is 0. The van der Waals surface area contributed by atoms with E-state index in [9.17, 15) is 9.59 Å². The number of hydrogen-bond donors (Lipinski definition) is 2. The Hall–Kier alpha value is -3.13. The highest BCUT2D eigenvalue weighted by molar-refractivity contribution is 7.98. The predicted molar refractivity (Wildman–Crippen MR) is 156 cm³/mol. The fraction of sp³-hybridized carbons (Fsp3) is 0.276. The molecule has 0 saturated carbocycles. The molecule has 3 rings (SSSR count). The normalized spacial score (nSPS) is 11.2. The van der Waals surface area contributed by atoms with Gasteiger partial charge in [-0.25, -0.2) is 5.43 Å². The third-order valence-corrected chi connectivity index (χ3v) is 7.08. The van der Waals surface area contributed by atoms with Gasteiger partial charge in [-0.15, -0.1) is 0 Å². The molecule has 2 N–H and O–H groups in total. The zero-order valence-corrected chi connectivity index (χ0v) is 23.0. The van der Waals surface area contributed by atoms with Crippen molar-refractivity contribution in [1.82, 2.24) is 10.3 Å². The van der Waals surface area contributed by atoms with Gasteiger partial charge in [-0.2, -0.15) is 16.9 Å². The Balaban J connectivity index is 1.63. The molecule has 8 heteroatoms. The highest BCUT2D eigenvalue weighted by Gasteiger charge is 2.15. The number of hydrogen-bond acceptors (Lipinski definition) is 5. The molecule has 0 saturated heterocycles. The Labute approximate surface area is 228 Å². The summed E-state index contributed by atoms with van der Waals surface area (Å²) in [5, 5.41) is 7.27. The largest absolute Gasteiger partial charge is 0.321 e. The van der Waals surface area contributed by atoms with Crippen molar-refractivity contribution in [2.45, 2.75) is 26.5 Å². The number of benzene rings is 3. The Morgan fingerprint density at radius 1 is 1.00 bits per heavy atom. The van der Waals surface area contributed by atoms with Gasteiger partial charge in [-0.05, 0) is 61.5 Å². The minimum absolute atomic E-state index is 0.227. The SMILES string of the molecule is CCN(CC)CCSCc1cccc(C(=O)Nc2ccc(Cl)cc2C(=O)N/N=C/c2ccc(C)cc2)c1. The van der Waals surface area contributed by atoms with Gasteiger partial charge in [0.2, 0.25) is 0 Å². The van der Waals surface area contributed by atoms with Crippen molar-refractivity contribution in [2.75, 3.05) is 30.7 Å². The van der Waals surface area contributed by atoms with Crippen molar-refractivity contribution in [3.63, 3.8) is 0 Å². The number of rotatable bonds is 12. The van der Waals surface area contributed by atoms with Gasteiger partial charge in [0.25, 0.3) is 11.8 Å². The van der Waals surface area contributed by atoms with Gasteiger partial charge < -0.3 is 10.2 Å². The molecular weight excluding hydrogens is 504 g/mol. The predicted octanol–water partition coefficient (Wildman–Crippen LogP) is 6.24. The van der Waals surface area contributed by atoms with E-state index in [4.69, 9.17) is 11.6 Å². The Morgan fingerprint density at radius 2 is 1.76 bits per heavy atom. The lowest BCUT2D eigenvalue weighted by Gasteiger charge is -2.17. The molecule has 0 aliphatic rings. The molecule has 0 aromatic heterocycles. The first kappa shape index (κ1) is 28.4. The van der Waals surface area contributed by atoms with E-state index < -0.39 is 5.91 Å². The third kappa shape index (κ3) is 9.04. The fourth-order valence-corrected chi connectivity index (χ4v) is 4.73. The molecule has 0 fully saturated rings. The van der Waals surface area contributed by atoms with Crippen molar-refractivity contribution in [1.29, 1.82) is 0 Å². The summed E-state index contributed by atoms with van der Waals surface area (Å²) in [6, 6.07) is 20.1. The number of amides is 2. The van der Waals surface area contributed by atoms with E-state index in [2.05, 4.69) is 34.6 Å². The number of aryl methyl sites for hydroxylation is 1. The number of carbonyl (C=O) groups excluding carboxylic acids is 2. The molecule has 0 atom stereocenters. The fourth-order valence-electron chi connectivity index (χ4n) is 3.61. The zero-order valence-electron chi connectivity index (χ0n) is 21.5. The summed E-state index contributed by atoms with van der Waals surface area (Å²) in [5.74, 6) is 1.10. The number of nitrogens with one attached hydrogen (secondary N) is 2. The van der Waals surface area contributed by atoms with Gasteiger partial charge in [-0.3, -0.25) is 9.59 Å². The second-order valence-corrected chi connectivity index (χ2v) is 10.1. The van der Waals surface area contributed by atoms with Crippen LogP contribution in [0.4, 0.5) is 5.69 Å². The van der Waals surface area contributed by atoms with Gasteiger partial charge in [0.05, 0.1) is 17.5 Å². The third-order valence-electron chi connectivity index (χ3n) is 5.84. The van der Waals surface area contributed by atoms with Crippen LogP contribution in [0, 0.1) is 6.92 Å². The molecule has 0 heterocycles. The van der Waals surface area contributed by atoms with Gasteiger partial charge in [-0.1, -0.05) is 67.4 Å². The van der Waals surface area contributed by atoms with Crippen LogP contribution in [0.25, 0.3) is 0 Å². The van der Waals surface area contributed by atoms with Crippen molar-refractivity contribution < 1.29 is 9.59 Å². The first-order valence-corrected chi connectivity index (χ1v) is 13.8. The maximum atomic E-state index is 13.0. The average Bonchev–Trinajstić information content (AvgIpc) is 2.91. The van der Waals surface area contributed by atoms with Gasteiger partial charge in [0.15, 0.2) is 0 Å². The molecule has 2 amide bonds. The maximum Gasteiger partial charge on any atom is 0.273 e. The van der Waals surface area contributed by atoms with Crippen LogP contribution in [0.15, 0.2) is 71.8 Å². The van der Waals surface area contributed by atoms with Crippen LogP contribution >= 0.6 is 23.4 Å². The molecule has 0 aliphatic heterocycles. The van der Waals surface area contributed by atoms with Crippen molar-refractivity contribution >= 4 is 47.1 Å². The lowest BCUT2D eigenvalue weighted by molar-refractivity contribution is 0.0956. The highest BCUT2D eigenvalue weighted by Crippen LogP contribution is 2.22. The van der Waals surface area contributed by atoms with Crippen LogP contribution in [0.5, 0.6) is 0 Å². The van der Waals surface area contributed by atoms with Crippen LogP contribution in [-0.2, 0) is 5.75 Å². The number of halogens is 1. The molecular formula is C29H33ClN4O2S. The highest BCUT2D eigenvalue weighted by atomic mass is 35.5. The number of anilines is 1. The van der Waals surface area contributed by atoms with E-state index in [-0.39, 0.29) is 11.5 Å². The lowest BCUT2D eigenvalue weighted by atomic mass is 10.1. The van der Waals surface area contributed by atoms with Gasteiger partial charge in [0, 0.05) is 28.6 Å². The van der Waals surface area contributed by atoms with Crippen molar-refractivity contribution in [2.24, 2.45) is 5.10 Å². The van der Waals surface area contributed by atoms with Crippen molar-refractivity contribution in [3.05, 3.63) is 99.6 Å². The number of thioether (sulfide) groups is 1. The average molecular weight is 537 g/mol. The van der Waals surface area contributed by atoms with Crippen LogP contribution in [0.1, 0.15) is 51.3 Å². The van der Waals surface area contributed by atoms with E-state index in [1.807, 2.05) is 61.2 Å². The molecule has 0 bridgehead atoms. The van der Waals surface area contributed by atoms with Crippen LogP contribution in [-0.4, -0.2) is 48.3 Å². The molecule has 0 aliphatic carbocycles. The van der Waals surface area contributed by atoms with E-state index in [0.29, 0.717) is 16.3 Å². The quantitative estimate of drug-likeness (QED) is 0.163. The summed E-state index contributed by atoms with van der Waals surface area (Å²) in [5.41, 5.74) is 6.70. The monoisotopic (exact) mass is 536 g/mol. The van der Waals surface area contributed by atoms with E-state index in [0.717, 1.165) is 47.8 Å². The van der Waals surface area contributed by atoms with Gasteiger partial charge in [0.1, 0.15) is 0 Å². The minimum atomic E-state index is -0.473. The number of nitrogens with zero attached hydrogens (tertiary/aromatic N) is 2. The van der Waals surface area contributed by atoms with Crippen LogP contribution in [0.2, 0.25) is 5.02 Å². The maximum absolute atomic E-state index is 13.0. The standard InChI is InChI=1S/C29H33ClN4O2S/c1-4-34(5-2)15-16-37-20-23-7-6-8-24(17-23)28(35)32-27-14-13-25(30)18-26(27)29(36)33-31-19-22-11-9-21(3)10-12-22/h6-14,17-19H,4-5,15-16,20H2,1-3H3,(H,32,35)(H,33,36)/b31-19+. The second-order valence-electron chi connectivity index (χ2n) is 8.53. The molecule has 37 heavy (non-hydrogen) atoms. The zero-order chi connectivity index (χ0) is 26.6. The van der Waals surface area contributed by atoms with Crippen LogP contribution < -0.4 is 10.7 Å².